The van der Waals surface area contributed by atoms with Gasteiger partial charge in [0.05, 0.1) is 13.7 Å². The molecule has 0 aliphatic carbocycles. The third kappa shape index (κ3) is 5.18. The highest BCUT2D eigenvalue weighted by Gasteiger charge is 2.12. The molecule has 0 aliphatic heterocycles. The van der Waals surface area contributed by atoms with Crippen molar-refractivity contribution in [1.82, 2.24) is 5.32 Å². The van der Waals surface area contributed by atoms with Gasteiger partial charge >= 0.3 is 0 Å². The highest BCUT2D eigenvalue weighted by Crippen LogP contribution is 2.19. The lowest BCUT2D eigenvalue weighted by molar-refractivity contribution is -0.124. The van der Waals surface area contributed by atoms with Crippen LogP contribution in [0.5, 0.6) is 11.5 Å². The number of rotatable bonds is 7. The number of hydrogen-bond acceptors (Lipinski definition) is 4. The molecular weight excluding hydrogens is 244 g/mol. The highest BCUT2D eigenvalue weighted by molar-refractivity contribution is 5.78. The predicted octanol–water partition coefficient (Wildman–Crippen LogP) is 1.17. The average Bonchev–Trinajstić information content (AvgIpc) is 2.44. The Morgan fingerprint density at radius 3 is 2.68 bits per heavy atom. The van der Waals surface area contributed by atoms with Crippen LogP contribution in [-0.2, 0) is 4.79 Å². The van der Waals surface area contributed by atoms with Gasteiger partial charge in [-0.15, -0.1) is 0 Å². The van der Waals surface area contributed by atoms with Gasteiger partial charge in [0, 0.05) is 18.5 Å². The molecule has 0 saturated carbocycles. The second-order valence-electron chi connectivity index (χ2n) is 4.49. The number of carbonyl (C=O) groups excluding carboxylic acids is 1. The van der Waals surface area contributed by atoms with Crippen molar-refractivity contribution >= 4 is 5.91 Å². The maximum atomic E-state index is 11.6. The minimum absolute atomic E-state index is 0.0522. The van der Waals surface area contributed by atoms with Crippen LogP contribution in [0.4, 0.5) is 0 Å². The van der Waals surface area contributed by atoms with Crippen LogP contribution in [0, 0.1) is 5.92 Å². The summed E-state index contributed by atoms with van der Waals surface area (Å²) in [6, 6.07) is 7.36. The van der Waals surface area contributed by atoms with Gasteiger partial charge < -0.3 is 20.5 Å². The molecule has 5 heteroatoms. The summed E-state index contributed by atoms with van der Waals surface area (Å²) in [5.41, 5.74) is 5.43. The fourth-order valence-corrected chi connectivity index (χ4v) is 1.47. The molecule has 0 saturated heterocycles. The van der Waals surface area contributed by atoms with E-state index in [1.54, 1.807) is 20.1 Å². The van der Waals surface area contributed by atoms with E-state index >= 15 is 0 Å². The van der Waals surface area contributed by atoms with Crippen LogP contribution in [-0.4, -0.2) is 32.2 Å². The van der Waals surface area contributed by atoms with Crippen molar-refractivity contribution in [1.29, 1.82) is 0 Å². The van der Waals surface area contributed by atoms with Crippen molar-refractivity contribution in [3.63, 3.8) is 0 Å². The number of nitrogens with one attached hydrogen (secondary N) is 1. The van der Waals surface area contributed by atoms with Gasteiger partial charge in [0.15, 0.2) is 0 Å². The summed E-state index contributed by atoms with van der Waals surface area (Å²) in [5.74, 6) is 1.23. The van der Waals surface area contributed by atoms with Crippen LogP contribution in [0.2, 0.25) is 0 Å². The number of ether oxygens (including phenoxy) is 2. The van der Waals surface area contributed by atoms with E-state index in [2.05, 4.69) is 5.32 Å². The molecule has 0 aromatic heterocycles. The Bertz CT molecular complexity index is 409. The van der Waals surface area contributed by atoms with Gasteiger partial charge in [-0.25, -0.2) is 0 Å². The van der Waals surface area contributed by atoms with E-state index in [1.807, 2.05) is 25.1 Å². The third-order valence-corrected chi connectivity index (χ3v) is 2.74. The zero-order valence-electron chi connectivity index (χ0n) is 11.7. The van der Waals surface area contributed by atoms with Crippen LogP contribution in [0.3, 0.4) is 0 Å². The fourth-order valence-electron chi connectivity index (χ4n) is 1.47. The first kappa shape index (κ1) is 15.3. The Morgan fingerprint density at radius 2 is 2.05 bits per heavy atom. The summed E-state index contributed by atoms with van der Waals surface area (Å²) in [6.07, 6.45) is -0.124. The third-order valence-electron chi connectivity index (χ3n) is 2.74. The van der Waals surface area contributed by atoms with E-state index in [-0.39, 0.29) is 17.9 Å². The molecule has 0 radical (unpaired) electrons. The summed E-state index contributed by atoms with van der Waals surface area (Å²) < 4.78 is 10.8. The van der Waals surface area contributed by atoms with Crippen molar-refractivity contribution in [2.24, 2.45) is 11.7 Å². The minimum atomic E-state index is -0.177. The van der Waals surface area contributed by atoms with Gasteiger partial charge in [-0.3, -0.25) is 4.79 Å². The van der Waals surface area contributed by atoms with Crippen LogP contribution in [0.1, 0.15) is 13.8 Å². The summed E-state index contributed by atoms with van der Waals surface area (Å²) >= 11 is 0. The lowest BCUT2D eigenvalue weighted by Crippen LogP contribution is -2.38. The van der Waals surface area contributed by atoms with E-state index in [9.17, 15) is 4.79 Å². The summed E-state index contributed by atoms with van der Waals surface area (Å²) in [5, 5.41) is 2.81. The van der Waals surface area contributed by atoms with Crippen molar-refractivity contribution in [3.8, 4) is 11.5 Å². The Balaban J connectivity index is 2.42. The zero-order valence-corrected chi connectivity index (χ0v) is 11.7. The summed E-state index contributed by atoms with van der Waals surface area (Å²) in [7, 11) is 1.61. The van der Waals surface area contributed by atoms with E-state index < -0.39 is 0 Å². The molecule has 0 fully saturated rings. The smallest absolute Gasteiger partial charge is 0.224 e. The second kappa shape index (κ2) is 7.63. The van der Waals surface area contributed by atoms with Crippen LogP contribution >= 0.6 is 0 Å². The van der Waals surface area contributed by atoms with E-state index in [4.69, 9.17) is 15.2 Å². The molecule has 3 N–H and O–H groups in total. The molecule has 0 aliphatic rings. The van der Waals surface area contributed by atoms with Crippen LogP contribution in [0.25, 0.3) is 0 Å². The van der Waals surface area contributed by atoms with Crippen molar-refractivity contribution in [2.75, 3.05) is 20.2 Å². The SMILES string of the molecule is COc1cccc(OC(C)CNC(=O)C(C)CN)c1. The normalized spacial score (nSPS) is 13.5. The molecule has 19 heavy (non-hydrogen) atoms. The molecule has 106 valence electrons. The number of carbonyl (C=O) groups is 1. The van der Waals surface area contributed by atoms with E-state index in [1.165, 1.54) is 0 Å². The van der Waals surface area contributed by atoms with Gasteiger partial charge in [-0.2, -0.15) is 0 Å². The molecule has 1 rings (SSSR count). The summed E-state index contributed by atoms with van der Waals surface area (Å²) in [6.45, 7) is 4.48. The van der Waals surface area contributed by atoms with E-state index in [0.717, 1.165) is 5.75 Å². The first-order valence-corrected chi connectivity index (χ1v) is 6.35. The molecule has 2 atom stereocenters. The molecule has 1 aromatic carbocycles. The zero-order chi connectivity index (χ0) is 14.3. The molecule has 0 heterocycles. The number of hydrogen-bond donors (Lipinski definition) is 2. The number of amides is 1. The Labute approximate surface area is 114 Å². The Hall–Kier alpha value is -1.75. The topological polar surface area (TPSA) is 73.6 Å². The average molecular weight is 266 g/mol. The van der Waals surface area contributed by atoms with Gasteiger partial charge in [0.1, 0.15) is 17.6 Å². The first-order valence-electron chi connectivity index (χ1n) is 6.35. The number of benzene rings is 1. The Kier molecular flexibility index (Phi) is 6.15. The van der Waals surface area contributed by atoms with Crippen molar-refractivity contribution in [3.05, 3.63) is 24.3 Å². The minimum Gasteiger partial charge on any atom is -0.497 e. The molecule has 1 amide bonds. The molecule has 0 bridgehead atoms. The maximum Gasteiger partial charge on any atom is 0.224 e. The summed E-state index contributed by atoms with van der Waals surface area (Å²) in [4.78, 5) is 11.6. The fraction of sp³-hybridized carbons (Fsp3) is 0.500. The molecule has 2 unspecified atom stereocenters. The monoisotopic (exact) mass is 266 g/mol. The maximum absolute atomic E-state index is 11.6. The van der Waals surface area contributed by atoms with E-state index in [0.29, 0.717) is 18.8 Å². The van der Waals surface area contributed by atoms with Gasteiger partial charge in [-0.05, 0) is 19.1 Å². The molecule has 1 aromatic rings. The lowest BCUT2D eigenvalue weighted by Gasteiger charge is -2.17. The van der Waals surface area contributed by atoms with Crippen molar-refractivity contribution < 1.29 is 14.3 Å². The van der Waals surface area contributed by atoms with Crippen LogP contribution < -0.4 is 20.5 Å². The van der Waals surface area contributed by atoms with Gasteiger partial charge in [0.2, 0.25) is 5.91 Å². The first-order chi connectivity index (χ1) is 9.06. The quantitative estimate of drug-likeness (QED) is 0.777. The molecule has 5 nitrogen and oxygen atoms in total. The van der Waals surface area contributed by atoms with Crippen LogP contribution in [0.15, 0.2) is 24.3 Å². The van der Waals surface area contributed by atoms with Gasteiger partial charge in [-0.1, -0.05) is 13.0 Å². The highest BCUT2D eigenvalue weighted by atomic mass is 16.5. The molecular formula is C14H22N2O3. The van der Waals surface area contributed by atoms with Gasteiger partial charge in [0.25, 0.3) is 0 Å². The number of nitrogens with two attached hydrogens (primary N) is 1. The Morgan fingerprint density at radius 1 is 1.37 bits per heavy atom. The largest absolute Gasteiger partial charge is 0.497 e. The standard InChI is InChI=1S/C14H22N2O3/c1-10(8-15)14(17)16-9-11(2)19-13-6-4-5-12(7-13)18-3/h4-7,10-11H,8-9,15H2,1-3H3,(H,16,17). The number of methoxy groups -OCH3 is 1. The van der Waals surface area contributed by atoms with Crippen molar-refractivity contribution in [2.45, 2.75) is 20.0 Å². The second-order valence-corrected chi connectivity index (χ2v) is 4.49. The predicted molar refractivity (Wildman–Crippen MR) is 74.3 cm³/mol. The lowest BCUT2D eigenvalue weighted by atomic mass is 10.1. The molecule has 0 spiro atoms.